The molecule has 0 amide bonds. The minimum absolute atomic E-state index is 0.0174. The Labute approximate surface area is 215 Å². The summed E-state index contributed by atoms with van der Waals surface area (Å²) in [6.45, 7) is 5.15. The zero-order valence-corrected chi connectivity index (χ0v) is 21.7. The summed E-state index contributed by atoms with van der Waals surface area (Å²) < 4.78 is 40.4. The maximum atomic E-state index is 13.8. The summed E-state index contributed by atoms with van der Waals surface area (Å²) in [5, 5.41) is 0. The number of aryl methyl sites for hydroxylation is 1. The van der Waals surface area contributed by atoms with E-state index in [4.69, 9.17) is 8.92 Å². The van der Waals surface area contributed by atoms with Crippen molar-refractivity contribution in [3.05, 3.63) is 100 Å². The van der Waals surface area contributed by atoms with Crippen molar-refractivity contribution in [1.82, 2.24) is 9.36 Å². The number of aromatic nitrogens is 2. The number of hydrogen-bond acceptors (Lipinski definition) is 6. The van der Waals surface area contributed by atoms with Crippen LogP contribution in [-0.4, -0.2) is 23.8 Å². The number of carbonyl (C=O) groups is 1. The second kappa shape index (κ2) is 10.9. The number of carbonyl (C=O) groups excluding carboxylic acids is 1. The van der Waals surface area contributed by atoms with E-state index in [1.54, 1.807) is 60.7 Å². The zero-order chi connectivity index (χ0) is 26.6. The maximum absolute atomic E-state index is 13.8. The molecular formula is C28H28N2O6S. The molecule has 0 atom stereocenters. The number of nitrogens with zero attached hydrogens (tertiary/aromatic N) is 2. The van der Waals surface area contributed by atoms with Crippen LogP contribution < -0.4 is 14.5 Å². The molecule has 0 bridgehead atoms. The zero-order valence-electron chi connectivity index (χ0n) is 20.9. The van der Waals surface area contributed by atoms with E-state index >= 15 is 0 Å². The van der Waals surface area contributed by atoms with Crippen LogP contribution in [0.25, 0.3) is 11.4 Å². The molecule has 0 fully saturated rings. The lowest BCUT2D eigenvalue weighted by Gasteiger charge is -2.16. The molecule has 0 saturated heterocycles. The third-order valence-electron chi connectivity index (χ3n) is 5.72. The molecule has 8 nitrogen and oxygen atoms in total. The molecule has 3 aromatic carbocycles. The van der Waals surface area contributed by atoms with Gasteiger partial charge in [0.1, 0.15) is 10.6 Å². The number of ether oxygens (including phenoxy) is 1. The van der Waals surface area contributed by atoms with Crippen LogP contribution in [0.1, 0.15) is 37.8 Å². The Kier molecular flexibility index (Phi) is 7.63. The van der Waals surface area contributed by atoms with Crippen molar-refractivity contribution in [1.29, 1.82) is 0 Å². The van der Waals surface area contributed by atoms with Crippen molar-refractivity contribution >= 4 is 16.1 Å². The number of unbranched alkanes of at least 4 members (excludes halogenated alkanes) is 1. The van der Waals surface area contributed by atoms with Crippen molar-refractivity contribution in [2.45, 2.75) is 44.9 Å². The third-order valence-corrected chi connectivity index (χ3v) is 6.95. The van der Waals surface area contributed by atoms with Crippen LogP contribution in [0.15, 0.2) is 88.6 Å². The molecular weight excluding hydrogens is 492 g/mol. The van der Waals surface area contributed by atoms with Gasteiger partial charge in [-0.3, -0.25) is 9.59 Å². The summed E-state index contributed by atoms with van der Waals surface area (Å²) in [6, 6.07) is 21.6. The lowest BCUT2D eigenvalue weighted by Crippen LogP contribution is -2.22. The highest BCUT2D eigenvalue weighted by molar-refractivity contribution is 7.87. The van der Waals surface area contributed by atoms with Gasteiger partial charge in [0.05, 0.1) is 16.9 Å². The molecule has 4 rings (SSSR count). The second-order valence-electron chi connectivity index (χ2n) is 8.59. The lowest BCUT2D eigenvalue weighted by atomic mass is 10.1. The first kappa shape index (κ1) is 26.0. The Morgan fingerprint density at radius 2 is 1.49 bits per heavy atom. The van der Waals surface area contributed by atoms with E-state index in [-0.39, 0.29) is 21.9 Å². The molecule has 0 spiro atoms. The first-order valence-electron chi connectivity index (χ1n) is 11.9. The quantitative estimate of drug-likeness (QED) is 0.176. The number of benzene rings is 3. The Bertz CT molecular complexity index is 1550. The van der Waals surface area contributed by atoms with E-state index in [1.807, 2.05) is 19.9 Å². The van der Waals surface area contributed by atoms with Gasteiger partial charge in [0.25, 0.3) is 5.56 Å². The SMILES string of the molecule is CCCCc1c(OS(=O)(=O)c2ccc(C)cc2)n(-c2ccc(OC(C)=O)cc2)n(-c2ccccc2)c1=O. The van der Waals surface area contributed by atoms with E-state index in [0.29, 0.717) is 30.0 Å². The standard InChI is InChI=1S/C28H28N2O6S/c1-4-5-11-26-27(32)29(22-9-7-6-8-10-22)30(23-14-16-24(17-15-23)35-21(3)31)28(26)36-37(33,34)25-18-12-20(2)13-19-25/h6-10,12-19H,4-5,11H2,1-3H3. The molecule has 0 aliphatic carbocycles. The van der Waals surface area contributed by atoms with Crippen molar-refractivity contribution in [3.63, 3.8) is 0 Å². The van der Waals surface area contributed by atoms with E-state index in [0.717, 1.165) is 12.0 Å². The predicted molar refractivity (Wildman–Crippen MR) is 140 cm³/mol. The minimum Gasteiger partial charge on any atom is -0.427 e. The van der Waals surface area contributed by atoms with Gasteiger partial charge in [-0.1, -0.05) is 49.2 Å². The maximum Gasteiger partial charge on any atom is 0.340 e. The Morgan fingerprint density at radius 3 is 2.08 bits per heavy atom. The Balaban J connectivity index is 1.96. The van der Waals surface area contributed by atoms with E-state index < -0.39 is 16.1 Å². The molecule has 0 aliphatic rings. The highest BCUT2D eigenvalue weighted by atomic mass is 32.2. The topological polar surface area (TPSA) is 96.6 Å². The van der Waals surface area contributed by atoms with Gasteiger partial charge in [-0.2, -0.15) is 8.42 Å². The van der Waals surface area contributed by atoms with Crippen molar-refractivity contribution in [2.75, 3.05) is 0 Å². The molecule has 0 saturated carbocycles. The Morgan fingerprint density at radius 1 is 0.865 bits per heavy atom. The molecule has 4 aromatic rings. The number of esters is 1. The first-order valence-corrected chi connectivity index (χ1v) is 13.3. The summed E-state index contributed by atoms with van der Waals surface area (Å²) in [5.41, 5.74) is 1.77. The molecule has 0 N–H and O–H groups in total. The van der Waals surface area contributed by atoms with Crippen LogP contribution in [0.4, 0.5) is 0 Å². The van der Waals surface area contributed by atoms with Gasteiger partial charge in [0.15, 0.2) is 0 Å². The van der Waals surface area contributed by atoms with Crippen molar-refractivity contribution < 1.29 is 22.1 Å². The predicted octanol–water partition coefficient (Wildman–Crippen LogP) is 4.97. The fraction of sp³-hybridized carbons (Fsp3) is 0.214. The minimum atomic E-state index is -4.26. The highest BCUT2D eigenvalue weighted by Gasteiger charge is 2.28. The van der Waals surface area contributed by atoms with Crippen LogP contribution in [0.5, 0.6) is 11.6 Å². The third kappa shape index (κ3) is 5.67. The van der Waals surface area contributed by atoms with Crippen LogP contribution in [0.2, 0.25) is 0 Å². The average Bonchev–Trinajstić information content (AvgIpc) is 3.14. The van der Waals surface area contributed by atoms with E-state index in [1.165, 1.54) is 28.4 Å². The smallest absolute Gasteiger partial charge is 0.340 e. The van der Waals surface area contributed by atoms with Gasteiger partial charge in [0.2, 0.25) is 5.88 Å². The fourth-order valence-electron chi connectivity index (χ4n) is 3.89. The monoisotopic (exact) mass is 520 g/mol. The normalized spacial score (nSPS) is 11.3. The molecule has 1 aromatic heterocycles. The van der Waals surface area contributed by atoms with Gasteiger partial charge < -0.3 is 8.92 Å². The van der Waals surface area contributed by atoms with Crippen molar-refractivity contribution in [2.24, 2.45) is 0 Å². The first-order chi connectivity index (χ1) is 17.7. The van der Waals surface area contributed by atoms with Gasteiger partial charge in [-0.05, 0) is 68.3 Å². The Hall–Kier alpha value is -4.11. The molecule has 0 unspecified atom stereocenters. The van der Waals surface area contributed by atoms with Gasteiger partial charge >= 0.3 is 16.1 Å². The summed E-state index contributed by atoms with van der Waals surface area (Å²) in [4.78, 5) is 25.1. The average molecular weight is 521 g/mol. The van der Waals surface area contributed by atoms with Crippen LogP contribution in [0, 0.1) is 6.92 Å². The largest absolute Gasteiger partial charge is 0.427 e. The number of para-hydroxylation sites is 1. The summed E-state index contributed by atoms with van der Waals surface area (Å²) in [7, 11) is -4.26. The summed E-state index contributed by atoms with van der Waals surface area (Å²) in [5.74, 6) is -0.231. The van der Waals surface area contributed by atoms with Crippen LogP contribution in [0.3, 0.4) is 0 Å². The molecule has 0 radical (unpaired) electrons. The molecule has 0 aliphatic heterocycles. The van der Waals surface area contributed by atoms with Crippen LogP contribution in [-0.2, 0) is 21.3 Å². The van der Waals surface area contributed by atoms with Crippen molar-refractivity contribution in [3.8, 4) is 23.0 Å². The van der Waals surface area contributed by atoms with Crippen LogP contribution >= 0.6 is 0 Å². The molecule has 192 valence electrons. The number of rotatable bonds is 9. The van der Waals surface area contributed by atoms with Gasteiger partial charge in [-0.25, -0.2) is 9.36 Å². The lowest BCUT2D eigenvalue weighted by molar-refractivity contribution is -0.131. The summed E-state index contributed by atoms with van der Waals surface area (Å²) in [6.07, 6.45) is 1.80. The van der Waals surface area contributed by atoms with Gasteiger partial charge in [-0.15, -0.1) is 0 Å². The van der Waals surface area contributed by atoms with Gasteiger partial charge in [0, 0.05) is 6.92 Å². The number of hydrogen-bond donors (Lipinski definition) is 0. The summed E-state index contributed by atoms with van der Waals surface area (Å²) >= 11 is 0. The molecule has 1 heterocycles. The van der Waals surface area contributed by atoms with E-state index in [2.05, 4.69) is 0 Å². The molecule has 9 heteroatoms. The molecule has 37 heavy (non-hydrogen) atoms. The fourth-order valence-corrected chi connectivity index (χ4v) is 4.84. The highest BCUT2D eigenvalue weighted by Crippen LogP contribution is 2.29. The van der Waals surface area contributed by atoms with E-state index in [9.17, 15) is 18.0 Å². The second-order valence-corrected chi connectivity index (χ2v) is 10.1.